The lowest BCUT2D eigenvalue weighted by Gasteiger charge is -2.40. The summed E-state index contributed by atoms with van der Waals surface area (Å²) in [5, 5.41) is 1.05. The van der Waals surface area contributed by atoms with Crippen LogP contribution < -0.4 is 14.4 Å². The fourth-order valence-electron chi connectivity index (χ4n) is 5.84. The molecule has 1 saturated heterocycles. The van der Waals surface area contributed by atoms with Crippen LogP contribution in [0.15, 0.2) is 72.8 Å². The Labute approximate surface area is 222 Å². The number of fused-ring (bicyclic) bond motifs is 5. The van der Waals surface area contributed by atoms with Gasteiger partial charge in [0, 0.05) is 23.4 Å². The summed E-state index contributed by atoms with van der Waals surface area (Å²) < 4.78 is 11.9. The first kappa shape index (κ1) is 24.1. The number of imide groups is 1. The molecular weight excluding hydrogens is 478 g/mol. The highest BCUT2D eigenvalue weighted by Gasteiger charge is 2.60. The zero-order valence-corrected chi connectivity index (χ0v) is 21.9. The van der Waals surface area contributed by atoms with Gasteiger partial charge < -0.3 is 19.4 Å². The fraction of sp³-hybridized carbons (Fsp3) is 0.290. The summed E-state index contributed by atoms with van der Waals surface area (Å²) in [7, 11) is 0. The molecule has 2 atom stereocenters. The maximum absolute atomic E-state index is 14.0. The Morgan fingerprint density at radius 1 is 0.947 bits per heavy atom. The van der Waals surface area contributed by atoms with E-state index in [1.165, 1.54) is 4.90 Å². The number of nitrogens with zero attached hydrogens (tertiary/aromatic N) is 2. The largest absolute Gasteiger partial charge is 0.490 e. The Morgan fingerprint density at radius 3 is 2.47 bits per heavy atom. The van der Waals surface area contributed by atoms with Crippen LogP contribution in [0.4, 0.5) is 10.5 Å². The molecule has 3 amide bonds. The molecule has 0 bridgehead atoms. The number of para-hydroxylation sites is 2. The van der Waals surface area contributed by atoms with Gasteiger partial charge in [-0.1, -0.05) is 49.4 Å². The van der Waals surface area contributed by atoms with E-state index in [2.05, 4.69) is 18.0 Å². The Kier molecular flexibility index (Phi) is 5.86. The van der Waals surface area contributed by atoms with Gasteiger partial charge in [0.15, 0.2) is 17.0 Å². The van der Waals surface area contributed by atoms with Gasteiger partial charge in [0.2, 0.25) is 0 Å². The number of ether oxygens (including phenoxy) is 2. The Balaban J connectivity index is 1.52. The molecule has 1 fully saturated rings. The first-order valence-corrected chi connectivity index (χ1v) is 13.2. The average Bonchev–Trinajstić information content (AvgIpc) is 3.42. The van der Waals surface area contributed by atoms with Crippen molar-refractivity contribution in [2.45, 2.75) is 38.6 Å². The van der Waals surface area contributed by atoms with Gasteiger partial charge in [0.05, 0.1) is 24.6 Å². The highest BCUT2D eigenvalue weighted by Crippen LogP contribution is 2.51. The van der Waals surface area contributed by atoms with Crippen LogP contribution in [0.1, 0.15) is 49.9 Å². The molecule has 1 N–H and O–H groups in total. The van der Waals surface area contributed by atoms with Crippen molar-refractivity contribution in [1.29, 1.82) is 0 Å². The predicted octanol–water partition coefficient (Wildman–Crippen LogP) is 6.18. The fourth-order valence-corrected chi connectivity index (χ4v) is 5.84. The summed E-state index contributed by atoms with van der Waals surface area (Å²) >= 11 is 0. The number of aromatic amines is 1. The van der Waals surface area contributed by atoms with E-state index in [4.69, 9.17) is 9.47 Å². The van der Waals surface area contributed by atoms with Crippen molar-refractivity contribution < 1.29 is 19.1 Å². The van der Waals surface area contributed by atoms with Gasteiger partial charge in [-0.3, -0.25) is 4.79 Å². The third kappa shape index (κ3) is 3.49. The molecule has 0 saturated carbocycles. The van der Waals surface area contributed by atoms with Crippen molar-refractivity contribution in [3.63, 3.8) is 0 Å². The quantitative estimate of drug-likeness (QED) is 0.302. The first-order valence-electron chi connectivity index (χ1n) is 13.2. The van der Waals surface area contributed by atoms with E-state index in [-0.39, 0.29) is 17.9 Å². The minimum Gasteiger partial charge on any atom is -0.490 e. The molecule has 7 nitrogen and oxygen atoms in total. The maximum Gasteiger partial charge on any atom is 0.332 e. The lowest BCUT2D eigenvalue weighted by molar-refractivity contribution is -0.125. The number of aromatic nitrogens is 1. The molecule has 2 unspecified atom stereocenters. The van der Waals surface area contributed by atoms with Crippen LogP contribution in [-0.4, -0.2) is 41.6 Å². The highest BCUT2D eigenvalue weighted by atomic mass is 16.5. The highest BCUT2D eigenvalue weighted by molar-refractivity contribution is 6.23. The number of carbonyl (C=O) groups is 2. The summed E-state index contributed by atoms with van der Waals surface area (Å²) in [6.45, 7) is 7.35. The maximum atomic E-state index is 14.0. The predicted molar refractivity (Wildman–Crippen MR) is 147 cm³/mol. The van der Waals surface area contributed by atoms with Gasteiger partial charge in [-0.2, -0.15) is 0 Å². The van der Waals surface area contributed by atoms with E-state index in [1.807, 2.05) is 68.4 Å². The molecular formula is C31H31N3O4. The number of carbonyl (C=O) groups excluding carboxylic acids is 2. The molecule has 2 aliphatic heterocycles. The van der Waals surface area contributed by atoms with Gasteiger partial charge in [-0.05, 0) is 61.7 Å². The summed E-state index contributed by atoms with van der Waals surface area (Å²) in [4.78, 5) is 34.5. The van der Waals surface area contributed by atoms with Crippen LogP contribution in [0.5, 0.6) is 11.5 Å². The lowest BCUT2D eigenvalue weighted by Crippen LogP contribution is -2.50. The molecule has 1 aromatic heterocycles. The number of hydrogen-bond donors (Lipinski definition) is 1. The standard InChI is InChI=1S/C31H31N3O4/c1-4-17-38-25-16-15-20(18-26(25)37-5-2)23-19-33-30(36)34(21-11-7-6-8-12-21)29(35)31(33,3)28-27(23)22-13-9-10-14-24(22)32-28/h6-16,18,23,32H,4-5,17,19H2,1-3H3. The van der Waals surface area contributed by atoms with Crippen LogP contribution in [0, 0.1) is 0 Å². The van der Waals surface area contributed by atoms with Crippen LogP contribution in [0.3, 0.4) is 0 Å². The van der Waals surface area contributed by atoms with Gasteiger partial charge in [0.25, 0.3) is 5.91 Å². The number of rotatable bonds is 7. The monoisotopic (exact) mass is 509 g/mol. The van der Waals surface area contributed by atoms with Crippen LogP contribution in [-0.2, 0) is 10.3 Å². The van der Waals surface area contributed by atoms with Crippen LogP contribution in [0.2, 0.25) is 0 Å². The number of amides is 3. The molecule has 6 rings (SSSR count). The van der Waals surface area contributed by atoms with E-state index in [0.717, 1.165) is 34.1 Å². The Bertz CT molecular complexity index is 1530. The van der Waals surface area contributed by atoms with Gasteiger partial charge in [-0.15, -0.1) is 0 Å². The second-order valence-corrected chi connectivity index (χ2v) is 9.94. The molecule has 0 radical (unpaired) electrons. The molecule has 3 heterocycles. The van der Waals surface area contributed by atoms with Crippen molar-refractivity contribution >= 4 is 28.5 Å². The van der Waals surface area contributed by atoms with E-state index >= 15 is 0 Å². The van der Waals surface area contributed by atoms with Gasteiger partial charge in [0.1, 0.15) is 0 Å². The van der Waals surface area contributed by atoms with Gasteiger partial charge >= 0.3 is 6.03 Å². The van der Waals surface area contributed by atoms with E-state index in [1.54, 1.807) is 17.0 Å². The molecule has 4 aromatic rings. The number of benzene rings is 3. The Hall–Kier alpha value is -4.26. The number of anilines is 1. The van der Waals surface area contributed by atoms with Gasteiger partial charge in [-0.25, -0.2) is 9.69 Å². The minimum absolute atomic E-state index is 0.166. The van der Waals surface area contributed by atoms with Crippen molar-refractivity contribution in [1.82, 2.24) is 9.88 Å². The third-order valence-electron chi connectivity index (χ3n) is 7.67. The molecule has 0 spiro atoms. The number of nitrogens with one attached hydrogen (secondary N) is 1. The Morgan fingerprint density at radius 2 is 1.71 bits per heavy atom. The topological polar surface area (TPSA) is 74.9 Å². The van der Waals surface area contributed by atoms with Crippen molar-refractivity contribution in [2.75, 3.05) is 24.7 Å². The lowest BCUT2D eigenvalue weighted by atomic mass is 9.78. The van der Waals surface area contributed by atoms with Crippen molar-refractivity contribution in [2.24, 2.45) is 0 Å². The SMILES string of the molecule is CCCOc1ccc(C2CN3C(=O)N(c4ccccc4)C(=O)C3(C)c3[nH]c4ccccc4c32)cc1OCC. The van der Waals surface area contributed by atoms with Crippen molar-refractivity contribution in [3.8, 4) is 11.5 Å². The van der Waals surface area contributed by atoms with Crippen LogP contribution >= 0.6 is 0 Å². The number of hydrogen-bond acceptors (Lipinski definition) is 4. The van der Waals surface area contributed by atoms with E-state index in [0.29, 0.717) is 36.9 Å². The third-order valence-corrected chi connectivity index (χ3v) is 7.67. The molecule has 194 valence electrons. The number of urea groups is 1. The summed E-state index contributed by atoms with van der Waals surface area (Å²) in [6, 6.07) is 22.9. The smallest absolute Gasteiger partial charge is 0.332 e. The summed E-state index contributed by atoms with van der Waals surface area (Å²) in [5.74, 6) is 0.974. The first-order chi connectivity index (χ1) is 18.5. The van der Waals surface area contributed by atoms with E-state index in [9.17, 15) is 9.59 Å². The van der Waals surface area contributed by atoms with Crippen LogP contribution in [0.25, 0.3) is 10.9 Å². The second-order valence-electron chi connectivity index (χ2n) is 9.94. The number of H-pyrrole nitrogens is 1. The average molecular weight is 510 g/mol. The summed E-state index contributed by atoms with van der Waals surface area (Å²) in [6.07, 6.45) is 0.899. The molecule has 7 heteroatoms. The second kappa shape index (κ2) is 9.24. The summed E-state index contributed by atoms with van der Waals surface area (Å²) in [5.41, 5.74) is 3.17. The molecule has 38 heavy (non-hydrogen) atoms. The normalized spacial score (nSPS) is 20.6. The molecule has 3 aromatic carbocycles. The minimum atomic E-state index is -1.15. The molecule has 0 aliphatic carbocycles. The zero-order valence-electron chi connectivity index (χ0n) is 21.9. The molecule has 2 aliphatic rings. The zero-order chi connectivity index (χ0) is 26.4. The van der Waals surface area contributed by atoms with Crippen molar-refractivity contribution in [3.05, 3.63) is 89.6 Å². The van der Waals surface area contributed by atoms with E-state index < -0.39 is 5.54 Å².